The third-order valence-electron chi connectivity index (χ3n) is 5.37. The van der Waals surface area contributed by atoms with Gasteiger partial charge < -0.3 is 15.8 Å². The lowest BCUT2D eigenvalue weighted by atomic mass is 9.64. The number of nitrogens with one attached hydrogen (secondary N) is 1. The Morgan fingerprint density at radius 2 is 1.90 bits per heavy atom. The number of ether oxygens (including phenoxy) is 1. The van der Waals surface area contributed by atoms with Crippen LogP contribution in [0.2, 0.25) is 0 Å². The Balaban J connectivity index is 1.74. The Kier molecular flexibility index (Phi) is 5.31. The second-order valence-electron chi connectivity index (χ2n) is 7.94. The molecule has 0 radical (unpaired) electrons. The van der Waals surface area contributed by atoms with Crippen molar-refractivity contribution < 1.29 is 9.53 Å². The van der Waals surface area contributed by atoms with E-state index in [0.29, 0.717) is 24.1 Å². The Morgan fingerprint density at radius 3 is 2.38 bits per heavy atom. The molecule has 2 rings (SSSR count). The summed E-state index contributed by atoms with van der Waals surface area (Å²) in [6.07, 6.45) is 5.49. The van der Waals surface area contributed by atoms with Crippen LogP contribution in [-0.2, 0) is 9.53 Å². The second-order valence-corrected chi connectivity index (χ2v) is 7.94. The van der Waals surface area contributed by atoms with Crippen LogP contribution < -0.4 is 11.1 Å². The summed E-state index contributed by atoms with van der Waals surface area (Å²) in [7, 11) is 0. The highest BCUT2D eigenvalue weighted by Crippen LogP contribution is 2.43. The van der Waals surface area contributed by atoms with E-state index in [0.717, 1.165) is 38.7 Å². The first-order chi connectivity index (χ1) is 9.80. The van der Waals surface area contributed by atoms with Gasteiger partial charge in [0.25, 0.3) is 0 Å². The van der Waals surface area contributed by atoms with Gasteiger partial charge in [-0.3, -0.25) is 4.79 Å². The van der Waals surface area contributed by atoms with Crippen molar-refractivity contribution in [3.63, 3.8) is 0 Å². The van der Waals surface area contributed by atoms with Crippen molar-refractivity contribution in [1.82, 2.24) is 5.32 Å². The van der Waals surface area contributed by atoms with E-state index in [9.17, 15) is 4.79 Å². The maximum absolute atomic E-state index is 11.2. The largest absolute Gasteiger partial charge is 0.377 e. The molecule has 4 heteroatoms. The molecule has 2 aliphatic carbocycles. The lowest BCUT2D eigenvalue weighted by Crippen LogP contribution is -2.63. The minimum absolute atomic E-state index is 0.0968. The van der Waals surface area contributed by atoms with Crippen LogP contribution in [0.4, 0.5) is 0 Å². The van der Waals surface area contributed by atoms with E-state index >= 15 is 0 Å². The van der Waals surface area contributed by atoms with Gasteiger partial charge >= 0.3 is 0 Å². The van der Waals surface area contributed by atoms with Crippen LogP contribution in [0.1, 0.15) is 59.8 Å². The van der Waals surface area contributed by atoms with Crippen LogP contribution in [0.5, 0.6) is 0 Å². The quantitative estimate of drug-likeness (QED) is 0.791. The molecular weight excluding hydrogens is 264 g/mol. The molecule has 2 atom stereocenters. The Labute approximate surface area is 129 Å². The number of carbonyl (C=O) groups is 1. The number of amides is 1. The van der Waals surface area contributed by atoms with Gasteiger partial charge in [0.2, 0.25) is 5.91 Å². The number of nitrogens with two attached hydrogens (primary N) is 1. The molecule has 2 fully saturated rings. The Morgan fingerprint density at radius 1 is 1.29 bits per heavy atom. The zero-order valence-corrected chi connectivity index (χ0v) is 14.0. The molecule has 0 aromatic carbocycles. The summed E-state index contributed by atoms with van der Waals surface area (Å²) in [5, 5.41) is 3.79. The number of hydrogen-bond donors (Lipinski definition) is 2. The molecule has 0 saturated heterocycles. The summed E-state index contributed by atoms with van der Waals surface area (Å²) in [4.78, 5) is 11.2. The highest BCUT2D eigenvalue weighted by molar-refractivity contribution is 5.76. The molecule has 2 aliphatic rings. The molecule has 0 aliphatic heterocycles. The van der Waals surface area contributed by atoms with Crippen LogP contribution in [-0.4, -0.2) is 30.7 Å². The molecule has 122 valence electrons. The van der Waals surface area contributed by atoms with Crippen molar-refractivity contribution in [2.75, 3.05) is 6.61 Å². The molecule has 4 nitrogen and oxygen atoms in total. The van der Waals surface area contributed by atoms with E-state index in [-0.39, 0.29) is 17.2 Å². The van der Waals surface area contributed by atoms with Gasteiger partial charge in [-0.05, 0) is 38.0 Å². The molecule has 1 amide bonds. The average Bonchev–Trinajstić information content (AvgIpc) is 2.42. The maximum Gasteiger partial charge on any atom is 0.220 e. The topological polar surface area (TPSA) is 64.3 Å². The standard InChI is InChI=1S/C17H32N2O2/c1-11(2)10-21-15-9-14(17(15,3)4)19-13-7-5-12(6-8-13)16(18)20/h11-15,19H,5-10H2,1-4H3,(H2,18,20). The molecule has 2 unspecified atom stereocenters. The third-order valence-corrected chi connectivity index (χ3v) is 5.37. The summed E-state index contributed by atoms with van der Waals surface area (Å²) < 4.78 is 6.02. The van der Waals surface area contributed by atoms with Crippen LogP contribution in [0, 0.1) is 17.3 Å². The predicted molar refractivity (Wildman–Crippen MR) is 84.8 cm³/mol. The van der Waals surface area contributed by atoms with Gasteiger partial charge in [0.05, 0.1) is 6.10 Å². The summed E-state index contributed by atoms with van der Waals surface area (Å²) in [6.45, 7) is 9.84. The van der Waals surface area contributed by atoms with Crippen LogP contribution in [0.15, 0.2) is 0 Å². The van der Waals surface area contributed by atoms with E-state index in [2.05, 4.69) is 33.0 Å². The number of primary amides is 1. The fourth-order valence-electron chi connectivity index (χ4n) is 3.59. The van der Waals surface area contributed by atoms with E-state index in [4.69, 9.17) is 10.5 Å². The SMILES string of the molecule is CC(C)COC1CC(NC2CCC(C(N)=O)CC2)C1(C)C. The highest BCUT2D eigenvalue weighted by Gasteiger charge is 2.49. The third kappa shape index (κ3) is 3.98. The van der Waals surface area contributed by atoms with Crippen molar-refractivity contribution in [2.24, 2.45) is 23.0 Å². The minimum atomic E-state index is -0.125. The Bertz CT molecular complexity index is 360. The lowest BCUT2D eigenvalue weighted by Gasteiger charge is -2.53. The number of carbonyl (C=O) groups excluding carboxylic acids is 1. The first-order valence-electron chi connectivity index (χ1n) is 8.47. The zero-order chi connectivity index (χ0) is 15.6. The summed E-state index contributed by atoms with van der Waals surface area (Å²) in [6, 6.07) is 1.07. The molecule has 0 bridgehead atoms. The molecule has 0 aromatic rings. The van der Waals surface area contributed by atoms with Crippen molar-refractivity contribution in [3.05, 3.63) is 0 Å². The van der Waals surface area contributed by atoms with Gasteiger partial charge in [-0.25, -0.2) is 0 Å². The number of hydrogen-bond acceptors (Lipinski definition) is 3. The minimum Gasteiger partial charge on any atom is -0.377 e. The van der Waals surface area contributed by atoms with Crippen molar-refractivity contribution in [1.29, 1.82) is 0 Å². The molecule has 0 spiro atoms. The summed E-state index contributed by atoms with van der Waals surface area (Å²) >= 11 is 0. The fraction of sp³-hybridized carbons (Fsp3) is 0.941. The van der Waals surface area contributed by atoms with Gasteiger partial charge in [0, 0.05) is 30.0 Å². The smallest absolute Gasteiger partial charge is 0.220 e. The fourth-order valence-corrected chi connectivity index (χ4v) is 3.59. The Hall–Kier alpha value is -0.610. The van der Waals surface area contributed by atoms with Crippen LogP contribution in [0.25, 0.3) is 0 Å². The summed E-state index contributed by atoms with van der Waals surface area (Å²) in [5.74, 6) is 0.566. The molecule has 21 heavy (non-hydrogen) atoms. The first kappa shape index (κ1) is 16.8. The van der Waals surface area contributed by atoms with Crippen molar-refractivity contribution in [2.45, 2.75) is 78.0 Å². The maximum atomic E-state index is 11.2. The lowest BCUT2D eigenvalue weighted by molar-refractivity contribution is -0.128. The van der Waals surface area contributed by atoms with Gasteiger partial charge in [-0.15, -0.1) is 0 Å². The molecular formula is C17H32N2O2. The molecule has 2 saturated carbocycles. The molecule has 0 heterocycles. The van der Waals surface area contributed by atoms with Gasteiger partial charge in [0.1, 0.15) is 0 Å². The summed E-state index contributed by atoms with van der Waals surface area (Å²) in [5.41, 5.74) is 5.60. The van der Waals surface area contributed by atoms with E-state index < -0.39 is 0 Å². The molecule has 0 aromatic heterocycles. The van der Waals surface area contributed by atoms with Crippen molar-refractivity contribution in [3.8, 4) is 0 Å². The van der Waals surface area contributed by atoms with Crippen LogP contribution in [0.3, 0.4) is 0 Å². The number of rotatable bonds is 6. The van der Waals surface area contributed by atoms with E-state index in [1.807, 2.05) is 0 Å². The van der Waals surface area contributed by atoms with Gasteiger partial charge in [-0.1, -0.05) is 27.7 Å². The van der Waals surface area contributed by atoms with E-state index in [1.165, 1.54) is 0 Å². The average molecular weight is 296 g/mol. The highest BCUT2D eigenvalue weighted by atomic mass is 16.5. The predicted octanol–water partition coefficient (Wildman–Crippen LogP) is 2.46. The van der Waals surface area contributed by atoms with Crippen LogP contribution >= 0.6 is 0 Å². The van der Waals surface area contributed by atoms with Gasteiger partial charge in [0.15, 0.2) is 0 Å². The van der Waals surface area contributed by atoms with E-state index in [1.54, 1.807) is 0 Å². The monoisotopic (exact) mass is 296 g/mol. The first-order valence-corrected chi connectivity index (χ1v) is 8.47. The molecule has 3 N–H and O–H groups in total. The van der Waals surface area contributed by atoms with Gasteiger partial charge in [-0.2, -0.15) is 0 Å². The second kappa shape index (κ2) is 6.66. The zero-order valence-electron chi connectivity index (χ0n) is 14.0. The van der Waals surface area contributed by atoms with Crippen molar-refractivity contribution >= 4 is 5.91 Å². The normalized spacial score (nSPS) is 35.5.